The van der Waals surface area contributed by atoms with Gasteiger partial charge in [-0.05, 0) is 42.5 Å². The number of nitrogens with one attached hydrogen (secondary N) is 1. The average molecular weight is 285 g/mol. The van der Waals surface area contributed by atoms with Gasteiger partial charge in [0, 0.05) is 11.4 Å². The molecule has 2 aromatic heterocycles. The van der Waals surface area contributed by atoms with Crippen molar-refractivity contribution in [1.82, 2.24) is 9.55 Å². The molecule has 0 saturated carbocycles. The minimum Gasteiger partial charge on any atom is -0.351 e. The molecule has 0 amide bonds. The summed E-state index contributed by atoms with van der Waals surface area (Å²) in [7, 11) is 0. The summed E-state index contributed by atoms with van der Waals surface area (Å²) in [6.07, 6.45) is 1.10. The minimum atomic E-state index is 0.844. The number of hydrogen-bond acceptors (Lipinski definition) is 3. The van der Waals surface area contributed by atoms with Crippen molar-refractivity contribution in [3.05, 3.63) is 46.2 Å². The fourth-order valence-corrected chi connectivity index (χ4v) is 3.25. The zero-order valence-electron chi connectivity index (χ0n) is 11.9. The normalized spacial score (nSPS) is 11.1. The summed E-state index contributed by atoms with van der Waals surface area (Å²) in [5.41, 5.74) is 3.62. The Morgan fingerprint density at radius 2 is 2.10 bits per heavy atom. The molecule has 0 unspecified atom stereocenters. The van der Waals surface area contributed by atoms with Crippen LogP contribution >= 0.6 is 11.3 Å². The lowest BCUT2D eigenvalue weighted by molar-refractivity contribution is 0.700. The predicted molar refractivity (Wildman–Crippen MR) is 86.4 cm³/mol. The second-order valence-electron chi connectivity index (χ2n) is 4.96. The molecular weight excluding hydrogens is 266 g/mol. The molecule has 104 valence electrons. The highest BCUT2D eigenvalue weighted by Gasteiger charge is 2.09. The number of aromatic nitrogens is 2. The number of rotatable bonds is 5. The highest BCUT2D eigenvalue weighted by atomic mass is 32.1. The highest BCUT2D eigenvalue weighted by Crippen LogP contribution is 2.22. The lowest BCUT2D eigenvalue weighted by atomic mass is 10.3. The van der Waals surface area contributed by atoms with Gasteiger partial charge in [-0.2, -0.15) is 0 Å². The first-order valence-electron chi connectivity index (χ1n) is 7.01. The SMILES string of the molecule is CCCn1c(NCc2sccc2C)nc2ccccc21. The first-order chi connectivity index (χ1) is 9.79. The molecule has 20 heavy (non-hydrogen) atoms. The number of nitrogens with zero attached hydrogens (tertiary/aromatic N) is 2. The fourth-order valence-electron chi connectivity index (χ4n) is 2.40. The van der Waals surface area contributed by atoms with Gasteiger partial charge in [-0.25, -0.2) is 4.98 Å². The van der Waals surface area contributed by atoms with E-state index in [1.54, 1.807) is 11.3 Å². The standard InChI is InChI=1S/C16H19N3S/c1-3-9-19-14-7-5-4-6-13(14)18-16(19)17-11-15-12(2)8-10-20-15/h4-8,10H,3,9,11H2,1-2H3,(H,17,18). The maximum Gasteiger partial charge on any atom is 0.204 e. The largest absolute Gasteiger partial charge is 0.351 e. The van der Waals surface area contributed by atoms with Crippen molar-refractivity contribution >= 4 is 28.3 Å². The molecule has 0 aliphatic carbocycles. The second kappa shape index (κ2) is 5.67. The van der Waals surface area contributed by atoms with Crippen molar-refractivity contribution in [2.75, 3.05) is 5.32 Å². The predicted octanol–water partition coefficient (Wildman–Crippen LogP) is 4.43. The number of imidazole rings is 1. The Balaban J connectivity index is 1.90. The van der Waals surface area contributed by atoms with E-state index < -0.39 is 0 Å². The molecule has 0 radical (unpaired) electrons. The van der Waals surface area contributed by atoms with Gasteiger partial charge in [0.25, 0.3) is 0 Å². The van der Waals surface area contributed by atoms with Gasteiger partial charge >= 0.3 is 0 Å². The summed E-state index contributed by atoms with van der Waals surface area (Å²) in [4.78, 5) is 6.09. The van der Waals surface area contributed by atoms with Crippen molar-refractivity contribution in [2.24, 2.45) is 0 Å². The summed E-state index contributed by atoms with van der Waals surface area (Å²) in [5.74, 6) is 0.973. The molecule has 0 aliphatic heterocycles. The average Bonchev–Trinajstić information content (AvgIpc) is 3.02. The molecule has 3 aromatic rings. The third-order valence-electron chi connectivity index (χ3n) is 3.48. The Kier molecular flexibility index (Phi) is 3.74. The van der Waals surface area contributed by atoms with Gasteiger partial charge in [-0.15, -0.1) is 11.3 Å². The van der Waals surface area contributed by atoms with Gasteiger partial charge in [0.2, 0.25) is 5.95 Å². The van der Waals surface area contributed by atoms with Crippen LogP contribution in [0.2, 0.25) is 0 Å². The van der Waals surface area contributed by atoms with Gasteiger partial charge in [0.15, 0.2) is 0 Å². The monoisotopic (exact) mass is 285 g/mol. The van der Waals surface area contributed by atoms with Crippen molar-refractivity contribution in [1.29, 1.82) is 0 Å². The molecule has 0 saturated heterocycles. The van der Waals surface area contributed by atoms with Crippen molar-refractivity contribution in [3.8, 4) is 0 Å². The quantitative estimate of drug-likeness (QED) is 0.751. The third kappa shape index (κ3) is 2.43. The maximum atomic E-state index is 4.72. The van der Waals surface area contributed by atoms with Crippen LogP contribution in [0.25, 0.3) is 11.0 Å². The van der Waals surface area contributed by atoms with E-state index in [9.17, 15) is 0 Å². The third-order valence-corrected chi connectivity index (χ3v) is 4.50. The van der Waals surface area contributed by atoms with E-state index in [-0.39, 0.29) is 0 Å². The number of benzene rings is 1. The number of para-hydroxylation sites is 2. The van der Waals surface area contributed by atoms with E-state index in [0.29, 0.717) is 0 Å². The number of hydrogen-bond donors (Lipinski definition) is 1. The molecule has 1 aromatic carbocycles. The maximum absolute atomic E-state index is 4.72. The molecule has 0 fully saturated rings. The van der Waals surface area contributed by atoms with Crippen molar-refractivity contribution in [3.63, 3.8) is 0 Å². The van der Waals surface area contributed by atoms with Crippen LogP contribution in [0.5, 0.6) is 0 Å². The van der Waals surface area contributed by atoms with Crippen molar-refractivity contribution in [2.45, 2.75) is 33.4 Å². The molecule has 3 nitrogen and oxygen atoms in total. The molecule has 2 heterocycles. The van der Waals surface area contributed by atoms with Crippen LogP contribution in [0, 0.1) is 6.92 Å². The van der Waals surface area contributed by atoms with Crippen LogP contribution in [-0.2, 0) is 13.1 Å². The lowest BCUT2D eigenvalue weighted by Gasteiger charge is -2.09. The fraction of sp³-hybridized carbons (Fsp3) is 0.312. The Labute approximate surface area is 123 Å². The Hall–Kier alpha value is -1.81. The zero-order valence-corrected chi connectivity index (χ0v) is 12.7. The summed E-state index contributed by atoms with van der Waals surface area (Å²) >= 11 is 1.80. The molecule has 0 atom stereocenters. The Bertz CT molecular complexity index is 711. The molecule has 0 bridgehead atoms. The zero-order chi connectivity index (χ0) is 13.9. The van der Waals surface area contributed by atoms with Crippen LogP contribution in [0.3, 0.4) is 0 Å². The second-order valence-corrected chi connectivity index (χ2v) is 5.96. The minimum absolute atomic E-state index is 0.844. The van der Waals surface area contributed by atoms with Crippen LogP contribution in [-0.4, -0.2) is 9.55 Å². The van der Waals surface area contributed by atoms with Gasteiger partial charge in [0.05, 0.1) is 17.6 Å². The van der Waals surface area contributed by atoms with Gasteiger partial charge in [-0.1, -0.05) is 19.1 Å². The summed E-state index contributed by atoms with van der Waals surface area (Å²) in [6.45, 7) is 6.19. The van der Waals surface area contributed by atoms with Crippen molar-refractivity contribution < 1.29 is 0 Å². The van der Waals surface area contributed by atoms with Crippen LogP contribution < -0.4 is 5.32 Å². The van der Waals surface area contributed by atoms with Crippen LogP contribution in [0.15, 0.2) is 35.7 Å². The molecule has 0 aliphatic rings. The van der Waals surface area contributed by atoms with E-state index in [1.165, 1.54) is 16.0 Å². The molecule has 3 rings (SSSR count). The lowest BCUT2D eigenvalue weighted by Crippen LogP contribution is -2.07. The number of fused-ring (bicyclic) bond motifs is 1. The molecule has 1 N–H and O–H groups in total. The summed E-state index contributed by atoms with van der Waals surface area (Å²) in [5, 5.41) is 5.63. The summed E-state index contributed by atoms with van der Waals surface area (Å²) in [6, 6.07) is 10.5. The topological polar surface area (TPSA) is 29.9 Å². The van der Waals surface area contributed by atoms with Crippen LogP contribution in [0.1, 0.15) is 23.8 Å². The Morgan fingerprint density at radius 1 is 1.25 bits per heavy atom. The van der Waals surface area contributed by atoms with Crippen LogP contribution in [0.4, 0.5) is 5.95 Å². The molecule has 0 spiro atoms. The van der Waals surface area contributed by atoms with E-state index in [0.717, 1.165) is 31.0 Å². The summed E-state index contributed by atoms with van der Waals surface area (Å²) < 4.78 is 2.28. The smallest absolute Gasteiger partial charge is 0.204 e. The van der Waals surface area contributed by atoms with E-state index in [1.807, 2.05) is 6.07 Å². The van der Waals surface area contributed by atoms with E-state index >= 15 is 0 Å². The molecular formula is C16H19N3S. The first-order valence-corrected chi connectivity index (χ1v) is 7.89. The number of aryl methyl sites for hydroxylation is 2. The van der Waals surface area contributed by atoms with Gasteiger partial charge < -0.3 is 9.88 Å². The van der Waals surface area contributed by atoms with E-state index in [2.05, 4.69) is 53.4 Å². The van der Waals surface area contributed by atoms with Gasteiger partial charge in [0.1, 0.15) is 0 Å². The van der Waals surface area contributed by atoms with Gasteiger partial charge in [-0.3, -0.25) is 0 Å². The molecule has 4 heteroatoms. The number of thiophene rings is 1. The Morgan fingerprint density at radius 3 is 2.85 bits per heavy atom. The van der Waals surface area contributed by atoms with E-state index in [4.69, 9.17) is 4.98 Å². The first kappa shape index (κ1) is 13.2. The number of anilines is 1. The highest BCUT2D eigenvalue weighted by molar-refractivity contribution is 7.10.